The molecule has 1 atom stereocenters. The Morgan fingerprint density at radius 3 is 2.80 bits per heavy atom. The zero-order valence-electron chi connectivity index (χ0n) is 11.0. The molecule has 0 saturated carbocycles. The third-order valence-electron chi connectivity index (χ3n) is 2.96. The van der Waals surface area contributed by atoms with E-state index in [1.165, 1.54) is 17.0 Å². The second-order valence-corrected chi connectivity index (χ2v) is 5.81. The molecule has 0 bridgehead atoms. The fourth-order valence-corrected chi connectivity index (χ4v) is 3.03. The average Bonchev–Trinajstić information content (AvgIpc) is 2.94. The van der Waals surface area contributed by atoms with Gasteiger partial charge < -0.3 is 5.32 Å². The highest BCUT2D eigenvalue weighted by Gasteiger charge is 2.15. The molecule has 1 N–H and O–H groups in total. The minimum atomic E-state index is -0.446. The Bertz CT molecular complexity index is 587. The van der Waals surface area contributed by atoms with Crippen molar-refractivity contribution < 1.29 is 4.92 Å². The summed E-state index contributed by atoms with van der Waals surface area (Å²) in [5, 5.41) is 16.5. The van der Waals surface area contributed by atoms with E-state index in [1.807, 2.05) is 11.4 Å². The van der Waals surface area contributed by atoms with Crippen molar-refractivity contribution in [3.63, 3.8) is 0 Å². The number of halogens is 1. The fourth-order valence-electron chi connectivity index (χ4n) is 1.99. The minimum Gasteiger partial charge on any atom is -0.376 e. The monoisotopic (exact) mass is 310 g/mol. The third-order valence-corrected chi connectivity index (χ3v) is 4.26. The van der Waals surface area contributed by atoms with E-state index in [9.17, 15) is 10.1 Å². The number of hydrogen-bond donors (Lipinski definition) is 1. The van der Waals surface area contributed by atoms with Crippen LogP contribution < -0.4 is 5.32 Å². The van der Waals surface area contributed by atoms with E-state index in [0.29, 0.717) is 5.02 Å². The zero-order valence-corrected chi connectivity index (χ0v) is 12.6. The number of hydrogen-bond acceptors (Lipinski definition) is 4. The van der Waals surface area contributed by atoms with Gasteiger partial charge in [0, 0.05) is 17.0 Å². The first-order valence-corrected chi connectivity index (χ1v) is 7.61. The van der Waals surface area contributed by atoms with Crippen LogP contribution in [0.3, 0.4) is 0 Å². The van der Waals surface area contributed by atoms with Gasteiger partial charge in [0.15, 0.2) is 0 Å². The summed E-state index contributed by atoms with van der Waals surface area (Å²) in [6.45, 7) is 2.12. The van der Waals surface area contributed by atoms with E-state index in [4.69, 9.17) is 11.6 Å². The molecule has 0 fully saturated rings. The molecule has 0 amide bonds. The lowest BCUT2D eigenvalue weighted by Crippen LogP contribution is -2.09. The molecule has 0 aliphatic carbocycles. The number of nitrogens with zero attached hydrogens (tertiary/aromatic N) is 1. The minimum absolute atomic E-state index is 0.00344. The summed E-state index contributed by atoms with van der Waals surface area (Å²) in [6.07, 6.45) is 2.02. The summed E-state index contributed by atoms with van der Waals surface area (Å²) in [6, 6.07) is 8.78. The Morgan fingerprint density at radius 2 is 2.25 bits per heavy atom. The number of thiophene rings is 1. The highest BCUT2D eigenvalue weighted by molar-refractivity contribution is 7.10. The maximum atomic E-state index is 10.7. The lowest BCUT2D eigenvalue weighted by molar-refractivity contribution is -0.384. The molecule has 1 heterocycles. The van der Waals surface area contributed by atoms with Crippen molar-refractivity contribution in [2.75, 3.05) is 5.32 Å². The fraction of sp³-hybridized carbons (Fsp3) is 0.286. The topological polar surface area (TPSA) is 55.2 Å². The quantitative estimate of drug-likeness (QED) is 0.584. The zero-order chi connectivity index (χ0) is 14.5. The molecule has 0 saturated heterocycles. The Balaban J connectivity index is 2.21. The molecule has 0 spiro atoms. The number of benzene rings is 1. The van der Waals surface area contributed by atoms with Crippen LogP contribution in [0.15, 0.2) is 35.7 Å². The van der Waals surface area contributed by atoms with Crippen molar-refractivity contribution in [1.82, 2.24) is 0 Å². The first-order valence-electron chi connectivity index (χ1n) is 6.35. The molecule has 106 valence electrons. The molecule has 1 aromatic carbocycles. The Hall–Kier alpha value is -1.59. The summed E-state index contributed by atoms with van der Waals surface area (Å²) in [7, 11) is 0. The number of anilines is 1. The second kappa shape index (κ2) is 6.72. The van der Waals surface area contributed by atoms with Crippen LogP contribution in [-0.2, 0) is 0 Å². The predicted octanol–water partition coefficient (Wildman–Crippen LogP) is 5.26. The molecule has 0 aliphatic rings. The van der Waals surface area contributed by atoms with Crippen LogP contribution >= 0.6 is 22.9 Å². The Labute approximate surface area is 126 Å². The SMILES string of the molecule is CCCC(Nc1ccc([N+](=O)[O-])cc1Cl)c1cccs1. The van der Waals surface area contributed by atoms with Crippen molar-refractivity contribution in [2.45, 2.75) is 25.8 Å². The molecule has 0 radical (unpaired) electrons. The van der Waals surface area contributed by atoms with Crippen molar-refractivity contribution in [1.29, 1.82) is 0 Å². The van der Waals surface area contributed by atoms with Crippen molar-refractivity contribution in [2.24, 2.45) is 0 Å². The van der Waals surface area contributed by atoms with Crippen LogP contribution in [0.5, 0.6) is 0 Å². The first kappa shape index (κ1) is 14.8. The van der Waals surface area contributed by atoms with E-state index in [0.717, 1.165) is 18.5 Å². The van der Waals surface area contributed by atoms with Crippen molar-refractivity contribution >= 4 is 34.3 Å². The van der Waals surface area contributed by atoms with Crippen LogP contribution in [0.4, 0.5) is 11.4 Å². The normalized spacial score (nSPS) is 12.1. The van der Waals surface area contributed by atoms with Gasteiger partial charge in [-0.1, -0.05) is 31.0 Å². The molecule has 6 heteroatoms. The van der Waals surface area contributed by atoms with Crippen LogP contribution in [0.2, 0.25) is 5.02 Å². The van der Waals surface area contributed by atoms with Crippen LogP contribution in [0.1, 0.15) is 30.7 Å². The summed E-state index contributed by atoms with van der Waals surface area (Å²) in [5.41, 5.74) is 0.729. The van der Waals surface area contributed by atoms with E-state index in [2.05, 4.69) is 18.3 Å². The number of nitro benzene ring substituents is 1. The van der Waals surface area contributed by atoms with E-state index in [-0.39, 0.29) is 11.7 Å². The highest BCUT2D eigenvalue weighted by Crippen LogP contribution is 2.32. The van der Waals surface area contributed by atoms with Crippen molar-refractivity contribution in [3.8, 4) is 0 Å². The lowest BCUT2D eigenvalue weighted by atomic mass is 10.1. The highest BCUT2D eigenvalue weighted by atomic mass is 35.5. The van der Waals surface area contributed by atoms with E-state index < -0.39 is 4.92 Å². The first-order chi connectivity index (χ1) is 9.61. The van der Waals surface area contributed by atoms with E-state index in [1.54, 1.807) is 17.4 Å². The second-order valence-electron chi connectivity index (χ2n) is 4.42. The smallest absolute Gasteiger partial charge is 0.271 e. The number of nitro groups is 1. The molecule has 1 aromatic heterocycles. The van der Waals surface area contributed by atoms with E-state index >= 15 is 0 Å². The molecule has 2 rings (SSSR count). The largest absolute Gasteiger partial charge is 0.376 e. The molecule has 2 aromatic rings. The summed E-state index contributed by atoms with van der Waals surface area (Å²) in [4.78, 5) is 11.5. The molecule has 20 heavy (non-hydrogen) atoms. The average molecular weight is 311 g/mol. The Morgan fingerprint density at radius 1 is 1.45 bits per heavy atom. The van der Waals surface area contributed by atoms with Crippen molar-refractivity contribution in [3.05, 3.63) is 55.7 Å². The Kier molecular flexibility index (Phi) is 4.98. The molecule has 4 nitrogen and oxygen atoms in total. The predicted molar refractivity (Wildman–Crippen MR) is 83.7 cm³/mol. The van der Waals surface area contributed by atoms with Gasteiger partial charge in [-0.3, -0.25) is 10.1 Å². The standard InChI is InChI=1S/C14H15ClN2O2S/c1-2-4-13(14-5-3-8-20-14)16-12-7-6-10(17(18)19)9-11(12)15/h3,5-9,13,16H,2,4H2,1H3. The molecular formula is C14H15ClN2O2S. The van der Waals surface area contributed by atoms with Crippen LogP contribution in [0, 0.1) is 10.1 Å². The molecule has 1 unspecified atom stereocenters. The van der Waals surface area contributed by atoms with Gasteiger partial charge in [-0.25, -0.2) is 0 Å². The number of rotatable bonds is 6. The van der Waals surface area contributed by atoms with Gasteiger partial charge in [-0.05, 0) is 23.9 Å². The van der Waals surface area contributed by atoms with Gasteiger partial charge in [0.05, 0.1) is 21.7 Å². The summed E-state index contributed by atoms with van der Waals surface area (Å²) < 4.78 is 0. The lowest BCUT2D eigenvalue weighted by Gasteiger charge is -2.19. The number of non-ortho nitro benzene ring substituents is 1. The van der Waals surface area contributed by atoms with Gasteiger partial charge in [-0.2, -0.15) is 0 Å². The molecular weight excluding hydrogens is 296 g/mol. The molecule has 0 aliphatic heterocycles. The maximum absolute atomic E-state index is 10.7. The summed E-state index contributed by atoms with van der Waals surface area (Å²) in [5.74, 6) is 0. The third kappa shape index (κ3) is 3.49. The van der Waals surface area contributed by atoms with Gasteiger partial charge in [0.1, 0.15) is 0 Å². The van der Waals surface area contributed by atoms with Gasteiger partial charge in [0.2, 0.25) is 0 Å². The van der Waals surface area contributed by atoms with Crippen LogP contribution in [-0.4, -0.2) is 4.92 Å². The van der Waals surface area contributed by atoms with Gasteiger partial charge in [-0.15, -0.1) is 11.3 Å². The maximum Gasteiger partial charge on any atom is 0.271 e. The van der Waals surface area contributed by atoms with Gasteiger partial charge >= 0.3 is 0 Å². The van der Waals surface area contributed by atoms with Crippen LogP contribution in [0.25, 0.3) is 0 Å². The van der Waals surface area contributed by atoms with Gasteiger partial charge in [0.25, 0.3) is 5.69 Å². The number of nitrogens with one attached hydrogen (secondary N) is 1. The summed E-state index contributed by atoms with van der Waals surface area (Å²) >= 11 is 7.81.